The molecule has 1 aromatic carbocycles. The average Bonchev–Trinajstić information content (AvgIpc) is 2.38. The van der Waals surface area contributed by atoms with Crippen LogP contribution in [-0.4, -0.2) is 23.2 Å². The molecular formula is C14H13NO3. The lowest BCUT2D eigenvalue weighted by molar-refractivity contribution is 0.0697. The van der Waals surface area contributed by atoms with Crippen molar-refractivity contribution >= 4 is 5.97 Å². The zero-order valence-corrected chi connectivity index (χ0v) is 10.2. The molecule has 0 aliphatic rings. The Balaban J connectivity index is 2.41. The van der Waals surface area contributed by atoms with E-state index in [1.54, 1.807) is 37.6 Å². The Labute approximate surface area is 105 Å². The number of methoxy groups -OCH3 is 1. The first-order valence-corrected chi connectivity index (χ1v) is 5.46. The van der Waals surface area contributed by atoms with Crippen LogP contribution in [0.4, 0.5) is 0 Å². The van der Waals surface area contributed by atoms with E-state index < -0.39 is 5.97 Å². The van der Waals surface area contributed by atoms with E-state index in [0.717, 1.165) is 16.7 Å². The summed E-state index contributed by atoms with van der Waals surface area (Å²) in [5.74, 6) is -0.365. The summed E-state index contributed by atoms with van der Waals surface area (Å²) in [5.41, 5.74) is 3.10. The van der Waals surface area contributed by atoms with Gasteiger partial charge in [0.15, 0.2) is 0 Å². The first-order chi connectivity index (χ1) is 8.61. The summed E-state index contributed by atoms with van der Waals surface area (Å²) in [5, 5.41) is 8.91. The fourth-order valence-electron chi connectivity index (χ4n) is 1.78. The molecule has 2 rings (SSSR count). The van der Waals surface area contributed by atoms with Crippen molar-refractivity contribution in [1.29, 1.82) is 0 Å². The highest BCUT2D eigenvalue weighted by Crippen LogP contribution is 2.24. The molecule has 0 saturated heterocycles. The molecular weight excluding hydrogens is 230 g/mol. The zero-order valence-electron chi connectivity index (χ0n) is 10.2. The number of carboxylic acid groups (broad SMARTS) is 1. The number of carbonyl (C=O) groups is 1. The molecule has 92 valence electrons. The number of ether oxygens (including phenoxy) is 1. The Kier molecular flexibility index (Phi) is 3.28. The van der Waals surface area contributed by atoms with Crippen molar-refractivity contribution in [3.63, 3.8) is 0 Å². The van der Waals surface area contributed by atoms with Gasteiger partial charge in [-0.05, 0) is 36.2 Å². The molecule has 0 atom stereocenters. The number of pyridine rings is 1. The van der Waals surface area contributed by atoms with Gasteiger partial charge in [0, 0.05) is 17.8 Å². The highest BCUT2D eigenvalue weighted by atomic mass is 16.5. The summed E-state index contributed by atoms with van der Waals surface area (Å²) in [6, 6.07) is 8.72. The van der Waals surface area contributed by atoms with E-state index in [1.165, 1.54) is 0 Å². The summed E-state index contributed by atoms with van der Waals surface area (Å²) in [6.45, 7) is 1.88. The number of rotatable bonds is 3. The maximum absolute atomic E-state index is 10.9. The van der Waals surface area contributed by atoms with Crippen LogP contribution in [-0.2, 0) is 0 Å². The summed E-state index contributed by atoms with van der Waals surface area (Å²) < 4.78 is 5.00. The zero-order chi connectivity index (χ0) is 13.1. The molecule has 18 heavy (non-hydrogen) atoms. The van der Waals surface area contributed by atoms with Gasteiger partial charge >= 0.3 is 5.97 Å². The number of carboxylic acids is 1. The van der Waals surface area contributed by atoms with Crippen LogP contribution < -0.4 is 4.74 Å². The maximum atomic E-state index is 10.9. The monoisotopic (exact) mass is 243 g/mol. The van der Waals surface area contributed by atoms with Crippen molar-refractivity contribution in [2.75, 3.05) is 7.11 Å². The van der Waals surface area contributed by atoms with Crippen LogP contribution in [0.2, 0.25) is 0 Å². The number of aromatic carboxylic acids is 1. The van der Waals surface area contributed by atoms with E-state index in [9.17, 15) is 4.79 Å². The molecule has 0 saturated carbocycles. The quantitative estimate of drug-likeness (QED) is 0.900. The smallest absolute Gasteiger partial charge is 0.335 e. The van der Waals surface area contributed by atoms with Crippen molar-refractivity contribution in [2.24, 2.45) is 0 Å². The summed E-state index contributed by atoms with van der Waals surface area (Å²) >= 11 is 0. The summed E-state index contributed by atoms with van der Waals surface area (Å²) in [6.07, 6.45) is 1.71. The molecule has 1 N–H and O–H groups in total. The van der Waals surface area contributed by atoms with Crippen LogP contribution in [0, 0.1) is 6.92 Å². The number of hydrogen-bond donors (Lipinski definition) is 1. The average molecular weight is 243 g/mol. The van der Waals surface area contributed by atoms with Crippen LogP contribution in [0.1, 0.15) is 15.9 Å². The molecule has 0 bridgehead atoms. The van der Waals surface area contributed by atoms with Crippen molar-refractivity contribution < 1.29 is 14.6 Å². The molecule has 0 fully saturated rings. The van der Waals surface area contributed by atoms with E-state index in [2.05, 4.69) is 4.98 Å². The number of aromatic nitrogens is 1. The van der Waals surface area contributed by atoms with Gasteiger partial charge in [-0.3, -0.25) is 0 Å². The molecule has 0 aliphatic carbocycles. The molecule has 2 aromatic rings. The molecule has 1 aromatic heterocycles. The molecule has 0 unspecified atom stereocenters. The Bertz CT molecular complexity index is 576. The van der Waals surface area contributed by atoms with Gasteiger partial charge in [0.25, 0.3) is 0 Å². The maximum Gasteiger partial charge on any atom is 0.335 e. The number of aryl methyl sites for hydroxylation is 1. The highest BCUT2D eigenvalue weighted by molar-refractivity contribution is 5.89. The van der Waals surface area contributed by atoms with Gasteiger partial charge in [-0.2, -0.15) is 0 Å². The van der Waals surface area contributed by atoms with Crippen LogP contribution in [0.3, 0.4) is 0 Å². The van der Waals surface area contributed by atoms with Crippen LogP contribution in [0.25, 0.3) is 11.1 Å². The lowest BCUT2D eigenvalue weighted by Gasteiger charge is -2.07. The molecule has 4 nitrogen and oxygen atoms in total. The van der Waals surface area contributed by atoms with E-state index in [0.29, 0.717) is 5.88 Å². The third kappa shape index (κ3) is 2.32. The lowest BCUT2D eigenvalue weighted by Crippen LogP contribution is -1.97. The molecule has 0 aliphatic heterocycles. The molecule has 4 heteroatoms. The Morgan fingerprint density at radius 1 is 1.28 bits per heavy atom. The number of benzene rings is 1. The molecule has 0 spiro atoms. The lowest BCUT2D eigenvalue weighted by atomic mass is 10.00. The van der Waals surface area contributed by atoms with Gasteiger partial charge in [0.2, 0.25) is 5.88 Å². The predicted molar refractivity (Wildman–Crippen MR) is 67.9 cm³/mol. The van der Waals surface area contributed by atoms with E-state index >= 15 is 0 Å². The minimum Gasteiger partial charge on any atom is -0.481 e. The SMILES string of the molecule is COc1ccc(-c2ccc(C(=O)O)cc2C)cn1. The first kappa shape index (κ1) is 12.1. The van der Waals surface area contributed by atoms with Gasteiger partial charge in [-0.1, -0.05) is 6.07 Å². The minimum atomic E-state index is -0.919. The fourth-order valence-corrected chi connectivity index (χ4v) is 1.78. The van der Waals surface area contributed by atoms with Gasteiger partial charge < -0.3 is 9.84 Å². The second kappa shape index (κ2) is 4.87. The standard InChI is InChI=1S/C14H13NO3/c1-9-7-10(14(16)17)3-5-12(9)11-4-6-13(18-2)15-8-11/h3-8H,1-2H3,(H,16,17). The summed E-state index contributed by atoms with van der Waals surface area (Å²) in [7, 11) is 1.56. The van der Waals surface area contributed by atoms with Gasteiger partial charge in [0.1, 0.15) is 0 Å². The van der Waals surface area contributed by atoms with Gasteiger partial charge in [-0.15, -0.1) is 0 Å². The second-order valence-corrected chi connectivity index (χ2v) is 3.92. The third-order valence-corrected chi connectivity index (χ3v) is 2.73. The second-order valence-electron chi connectivity index (χ2n) is 3.92. The number of nitrogens with zero attached hydrogens (tertiary/aromatic N) is 1. The van der Waals surface area contributed by atoms with E-state index in [-0.39, 0.29) is 5.56 Å². The van der Waals surface area contributed by atoms with Gasteiger partial charge in [0.05, 0.1) is 12.7 Å². The minimum absolute atomic E-state index is 0.290. The Morgan fingerprint density at radius 3 is 2.56 bits per heavy atom. The van der Waals surface area contributed by atoms with E-state index in [4.69, 9.17) is 9.84 Å². The third-order valence-electron chi connectivity index (χ3n) is 2.73. The van der Waals surface area contributed by atoms with Crippen LogP contribution in [0.15, 0.2) is 36.5 Å². The first-order valence-electron chi connectivity index (χ1n) is 5.46. The van der Waals surface area contributed by atoms with Crippen molar-refractivity contribution in [3.8, 4) is 17.0 Å². The van der Waals surface area contributed by atoms with E-state index in [1.807, 2.05) is 13.0 Å². The fraction of sp³-hybridized carbons (Fsp3) is 0.143. The summed E-state index contributed by atoms with van der Waals surface area (Å²) in [4.78, 5) is 15.0. The normalized spacial score (nSPS) is 10.1. The van der Waals surface area contributed by atoms with Gasteiger partial charge in [-0.25, -0.2) is 9.78 Å². The topological polar surface area (TPSA) is 59.4 Å². The largest absolute Gasteiger partial charge is 0.481 e. The van der Waals surface area contributed by atoms with Crippen molar-refractivity contribution in [3.05, 3.63) is 47.7 Å². The van der Waals surface area contributed by atoms with Crippen molar-refractivity contribution in [1.82, 2.24) is 4.98 Å². The van der Waals surface area contributed by atoms with Crippen molar-refractivity contribution in [2.45, 2.75) is 6.92 Å². The molecule has 0 radical (unpaired) electrons. The van der Waals surface area contributed by atoms with Crippen LogP contribution in [0.5, 0.6) is 5.88 Å². The number of hydrogen-bond acceptors (Lipinski definition) is 3. The molecule has 0 amide bonds. The Hall–Kier alpha value is -2.36. The molecule has 1 heterocycles. The predicted octanol–water partition coefficient (Wildman–Crippen LogP) is 2.76. The van der Waals surface area contributed by atoms with Crippen LogP contribution >= 0.6 is 0 Å². The highest BCUT2D eigenvalue weighted by Gasteiger charge is 2.07. The Morgan fingerprint density at radius 2 is 2.06 bits per heavy atom.